The van der Waals surface area contributed by atoms with Crippen molar-refractivity contribution in [1.29, 1.82) is 0 Å². The van der Waals surface area contributed by atoms with Crippen LogP contribution in [0.4, 0.5) is 4.39 Å². The summed E-state index contributed by atoms with van der Waals surface area (Å²) < 4.78 is 14.9. The summed E-state index contributed by atoms with van der Waals surface area (Å²) in [7, 11) is 0. The van der Waals surface area contributed by atoms with E-state index in [-0.39, 0.29) is 0 Å². The van der Waals surface area contributed by atoms with Crippen molar-refractivity contribution in [2.24, 2.45) is 5.73 Å². The van der Waals surface area contributed by atoms with Gasteiger partial charge in [-0.15, -0.1) is 11.3 Å². The number of hydrogen-bond donors (Lipinski definition) is 1. The van der Waals surface area contributed by atoms with Gasteiger partial charge in [0.2, 0.25) is 0 Å². The van der Waals surface area contributed by atoms with Gasteiger partial charge in [0.05, 0.1) is 15.4 Å². The number of hydrogen-bond acceptors (Lipinski definition) is 2. The minimum Gasteiger partial charge on any atom is -0.320 e. The molecule has 0 spiro atoms. The minimum absolute atomic E-state index is 0.358. The molecule has 0 aliphatic rings. The predicted molar refractivity (Wildman–Crippen MR) is 74.5 cm³/mol. The molecule has 0 aliphatic carbocycles. The van der Waals surface area contributed by atoms with E-state index in [9.17, 15) is 4.39 Å². The fourth-order valence-electron chi connectivity index (χ4n) is 1.42. The first-order valence-corrected chi connectivity index (χ1v) is 7.01. The lowest BCUT2D eigenvalue weighted by Gasteiger charge is -2.12. The molecule has 1 heterocycles. The summed E-state index contributed by atoms with van der Waals surface area (Å²) in [5, 5.41) is 0.430. The monoisotopic (exact) mass is 353 g/mol. The van der Waals surface area contributed by atoms with E-state index >= 15 is 0 Å². The molecule has 0 bridgehead atoms. The van der Waals surface area contributed by atoms with Gasteiger partial charge >= 0.3 is 0 Å². The topological polar surface area (TPSA) is 26.0 Å². The second kappa shape index (κ2) is 5.24. The predicted octanol–water partition coefficient (Wildman–Crippen LogP) is 5.00. The van der Waals surface area contributed by atoms with Crippen molar-refractivity contribution >= 4 is 50.5 Å². The van der Waals surface area contributed by atoms with Crippen molar-refractivity contribution in [3.63, 3.8) is 0 Å². The van der Waals surface area contributed by atoms with Gasteiger partial charge in [-0.2, -0.15) is 0 Å². The highest BCUT2D eigenvalue weighted by molar-refractivity contribution is 9.10. The number of rotatable bonds is 2. The second-order valence-electron chi connectivity index (χ2n) is 3.41. The number of halogens is 4. The van der Waals surface area contributed by atoms with Gasteiger partial charge in [-0.1, -0.05) is 23.2 Å². The summed E-state index contributed by atoms with van der Waals surface area (Å²) in [6.45, 7) is 0. The van der Waals surface area contributed by atoms with E-state index in [0.717, 1.165) is 4.88 Å². The van der Waals surface area contributed by atoms with Gasteiger partial charge in [0, 0.05) is 14.9 Å². The molecule has 0 saturated heterocycles. The Bertz CT molecular complexity index is 558. The van der Waals surface area contributed by atoms with Crippen LogP contribution < -0.4 is 5.73 Å². The molecule has 1 nitrogen and oxygen atoms in total. The van der Waals surface area contributed by atoms with Gasteiger partial charge in [0.1, 0.15) is 5.82 Å². The van der Waals surface area contributed by atoms with Crippen LogP contribution in [0.2, 0.25) is 9.36 Å². The normalized spacial score (nSPS) is 12.8. The molecular weight excluding hydrogens is 348 g/mol. The first-order chi connectivity index (χ1) is 7.99. The fraction of sp³-hybridized carbons (Fsp3) is 0.0909. The first kappa shape index (κ1) is 13.3. The number of thiophene rings is 1. The number of benzene rings is 1. The molecular formula is C11H7BrCl2FNS. The van der Waals surface area contributed by atoms with Gasteiger partial charge in [0.25, 0.3) is 0 Å². The largest absolute Gasteiger partial charge is 0.320 e. The first-order valence-electron chi connectivity index (χ1n) is 4.64. The van der Waals surface area contributed by atoms with Crippen LogP contribution >= 0.6 is 50.5 Å². The third kappa shape index (κ3) is 2.83. The van der Waals surface area contributed by atoms with Gasteiger partial charge in [0.15, 0.2) is 0 Å². The average molecular weight is 355 g/mol. The molecule has 1 unspecified atom stereocenters. The van der Waals surface area contributed by atoms with E-state index in [1.807, 2.05) is 0 Å². The van der Waals surface area contributed by atoms with Crippen LogP contribution in [0.25, 0.3) is 0 Å². The van der Waals surface area contributed by atoms with Gasteiger partial charge in [-0.05, 0) is 40.2 Å². The lowest BCUT2D eigenvalue weighted by Crippen LogP contribution is -2.12. The standard InChI is InChI=1S/C11H7BrCl2FNS/c12-6-4-8(15)5(3-7(6)13)11(16)9-1-2-10(14)17-9/h1-4,11H,16H2. The Balaban J connectivity index is 2.43. The van der Waals surface area contributed by atoms with E-state index in [0.29, 0.717) is 19.4 Å². The molecule has 1 aromatic carbocycles. The van der Waals surface area contributed by atoms with Crippen LogP contribution in [0.5, 0.6) is 0 Å². The molecule has 90 valence electrons. The maximum Gasteiger partial charge on any atom is 0.129 e. The summed E-state index contributed by atoms with van der Waals surface area (Å²) in [5.41, 5.74) is 6.35. The Labute approximate surface area is 120 Å². The van der Waals surface area contributed by atoms with E-state index in [1.165, 1.54) is 23.5 Å². The molecule has 17 heavy (non-hydrogen) atoms. The van der Waals surface area contributed by atoms with Crippen molar-refractivity contribution in [3.05, 3.63) is 54.4 Å². The summed E-state index contributed by atoms with van der Waals surface area (Å²) in [6, 6.07) is 5.80. The molecule has 2 N–H and O–H groups in total. The molecule has 0 radical (unpaired) electrons. The highest BCUT2D eigenvalue weighted by Gasteiger charge is 2.17. The molecule has 0 amide bonds. The fourth-order valence-corrected chi connectivity index (χ4v) is 2.99. The third-order valence-corrected chi connectivity index (χ3v) is 4.79. The van der Waals surface area contributed by atoms with Crippen LogP contribution in [0.15, 0.2) is 28.7 Å². The summed E-state index contributed by atoms with van der Waals surface area (Å²) in [6.07, 6.45) is 0. The Morgan fingerprint density at radius 3 is 2.59 bits per heavy atom. The molecule has 2 rings (SSSR count). The smallest absolute Gasteiger partial charge is 0.129 e. The van der Waals surface area contributed by atoms with Gasteiger partial charge in [-0.25, -0.2) is 4.39 Å². The third-order valence-electron chi connectivity index (χ3n) is 2.28. The number of nitrogens with two attached hydrogens (primary N) is 1. The highest BCUT2D eigenvalue weighted by atomic mass is 79.9. The second-order valence-corrected chi connectivity index (χ2v) is 6.42. The lowest BCUT2D eigenvalue weighted by atomic mass is 10.1. The summed E-state index contributed by atoms with van der Waals surface area (Å²) >= 11 is 16.2. The van der Waals surface area contributed by atoms with Crippen LogP contribution in [-0.2, 0) is 0 Å². The van der Waals surface area contributed by atoms with Crippen LogP contribution in [0, 0.1) is 5.82 Å². The summed E-state index contributed by atoms with van der Waals surface area (Å²) in [5.74, 6) is -0.390. The van der Waals surface area contributed by atoms with Crippen LogP contribution in [-0.4, -0.2) is 0 Å². The quantitative estimate of drug-likeness (QED) is 0.754. The molecule has 0 saturated carbocycles. The molecule has 1 aromatic heterocycles. The highest BCUT2D eigenvalue weighted by Crippen LogP contribution is 2.34. The average Bonchev–Trinajstić information content (AvgIpc) is 2.69. The molecule has 1 atom stereocenters. The Morgan fingerprint density at radius 1 is 1.29 bits per heavy atom. The molecule has 2 aromatic rings. The van der Waals surface area contributed by atoms with Gasteiger partial charge in [-0.3, -0.25) is 0 Å². The zero-order chi connectivity index (χ0) is 12.6. The zero-order valence-electron chi connectivity index (χ0n) is 8.38. The van der Waals surface area contributed by atoms with Crippen molar-refractivity contribution in [3.8, 4) is 0 Å². The lowest BCUT2D eigenvalue weighted by molar-refractivity contribution is 0.600. The maximum atomic E-state index is 13.8. The van der Waals surface area contributed by atoms with Crippen molar-refractivity contribution in [2.75, 3.05) is 0 Å². The maximum absolute atomic E-state index is 13.8. The van der Waals surface area contributed by atoms with Crippen molar-refractivity contribution in [1.82, 2.24) is 0 Å². The van der Waals surface area contributed by atoms with Crippen molar-refractivity contribution in [2.45, 2.75) is 6.04 Å². The SMILES string of the molecule is NC(c1ccc(Cl)s1)c1cc(Cl)c(Br)cc1F. The molecule has 0 aliphatic heterocycles. The minimum atomic E-state index is -0.557. The van der Waals surface area contributed by atoms with Crippen LogP contribution in [0.1, 0.15) is 16.5 Å². The Kier molecular flexibility index (Phi) is 4.10. The van der Waals surface area contributed by atoms with Crippen molar-refractivity contribution < 1.29 is 4.39 Å². The van der Waals surface area contributed by atoms with E-state index in [4.69, 9.17) is 28.9 Å². The van der Waals surface area contributed by atoms with Crippen LogP contribution in [0.3, 0.4) is 0 Å². The van der Waals surface area contributed by atoms with Gasteiger partial charge < -0.3 is 5.73 Å². The Morgan fingerprint density at radius 2 is 2.00 bits per heavy atom. The summed E-state index contributed by atoms with van der Waals surface area (Å²) in [4.78, 5) is 0.798. The zero-order valence-corrected chi connectivity index (χ0v) is 12.3. The van der Waals surface area contributed by atoms with E-state index < -0.39 is 11.9 Å². The Hall–Kier alpha value is -0.130. The van der Waals surface area contributed by atoms with E-state index in [2.05, 4.69) is 15.9 Å². The molecule has 6 heteroatoms. The van der Waals surface area contributed by atoms with E-state index in [1.54, 1.807) is 12.1 Å². The molecule has 0 fully saturated rings.